The molecule has 0 fully saturated rings. The molecule has 0 amide bonds. The molecular formula is C11H9BrClN3O4S. The Hall–Kier alpha value is -1.58. The Morgan fingerprint density at radius 1 is 1.48 bits per heavy atom. The van der Waals surface area contributed by atoms with Gasteiger partial charge < -0.3 is 5.11 Å². The Bertz CT molecular complexity index is 791. The lowest BCUT2D eigenvalue weighted by molar-refractivity contribution is -0.137. The number of hydrogen-bond donors (Lipinski definition) is 2. The zero-order valence-corrected chi connectivity index (χ0v) is 13.5. The topological polar surface area (TPSA) is 101 Å². The lowest BCUT2D eigenvalue weighted by Crippen LogP contribution is -2.13. The standard InChI is InChI=1S/C11H9BrClN3O4S/c12-7-1-2-10(9(13)3-7)15-21(19,20)8-4-14-16(5-8)6-11(17)18/h1-5,15H,6H2,(H,17,18). The molecule has 0 saturated heterocycles. The van der Waals surface area contributed by atoms with Crippen LogP contribution in [-0.4, -0.2) is 29.3 Å². The first kappa shape index (κ1) is 15.8. The highest BCUT2D eigenvalue weighted by Gasteiger charge is 2.18. The number of carbonyl (C=O) groups is 1. The lowest BCUT2D eigenvalue weighted by Gasteiger charge is -2.08. The minimum Gasteiger partial charge on any atom is -0.480 e. The molecule has 0 unspecified atom stereocenters. The first-order chi connectivity index (χ1) is 9.78. The summed E-state index contributed by atoms with van der Waals surface area (Å²) in [4.78, 5) is 10.4. The number of anilines is 1. The summed E-state index contributed by atoms with van der Waals surface area (Å²) in [6.07, 6.45) is 2.20. The van der Waals surface area contributed by atoms with Gasteiger partial charge in [0.05, 0.1) is 16.9 Å². The predicted molar refractivity (Wildman–Crippen MR) is 79.8 cm³/mol. The van der Waals surface area contributed by atoms with Gasteiger partial charge >= 0.3 is 5.97 Å². The van der Waals surface area contributed by atoms with Gasteiger partial charge in [-0.05, 0) is 18.2 Å². The van der Waals surface area contributed by atoms with Crippen LogP contribution in [0.1, 0.15) is 0 Å². The molecule has 2 aromatic rings. The predicted octanol–water partition coefficient (Wildman–Crippen LogP) is 2.18. The van der Waals surface area contributed by atoms with E-state index in [0.717, 1.165) is 17.1 Å². The molecule has 0 aliphatic carbocycles. The molecule has 0 bridgehead atoms. The molecule has 0 aliphatic heterocycles. The van der Waals surface area contributed by atoms with Gasteiger partial charge in [0.2, 0.25) is 0 Å². The van der Waals surface area contributed by atoms with Gasteiger partial charge in [-0.3, -0.25) is 14.2 Å². The highest BCUT2D eigenvalue weighted by molar-refractivity contribution is 9.10. The second-order valence-corrected chi connectivity index (χ2v) is 7.00. The summed E-state index contributed by atoms with van der Waals surface area (Å²) in [7, 11) is -3.89. The number of carboxylic acid groups (broad SMARTS) is 1. The maximum Gasteiger partial charge on any atom is 0.325 e. The van der Waals surface area contributed by atoms with Crippen molar-refractivity contribution in [1.29, 1.82) is 0 Å². The summed E-state index contributed by atoms with van der Waals surface area (Å²) in [5, 5.41) is 12.5. The number of sulfonamides is 1. The first-order valence-electron chi connectivity index (χ1n) is 5.50. The molecule has 112 valence electrons. The molecule has 0 saturated carbocycles. The maximum atomic E-state index is 12.2. The number of halogens is 2. The molecule has 1 aromatic heterocycles. The molecule has 2 N–H and O–H groups in total. The Labute approximate surface area is 133 Å². The van der Waals surface area contributed by atoms with Gasteiger partial charge in [0.1, 0.15) is 11.4 Å². The number of aliphatic carboxylic acids is 1. The highest BCUT2D eigenvalue weighted by Crippen LogP contribution is 2.27. The van der Waals surface area contributed by atoms with E-state index >= 15 is 0 Å². The van der Waals surface area contributed by atoms with E-state index in [4.69, 9.17) is 16.7 Å². The molecule has 1 heterocycles. The minimum atomic E-state index is -3.89. The molecule has 0 radical (unpaired) electrons. The van der Waals surface area contributed by atoms with Gasteiger partial charge in [-0.1, -0.05) is 27.5 Å². The minimum absolute atomic E-state index is 0.150. The third-order valence-corrected chi connectivity index (χ3v) is 4.52. The van der Waals surface area contributed by atoms with Crippen molar-refractivity contribution in [3.05, 3.63) is 40.1 Å². The van der Waals surface area contributed by atoms with Gasteiger partial charge in [-0.2, -0.15) is 5.10 Å². The van der Waals surface area contributed by atoms with Crippen molar-refractivity contribution in [2.75, 3.05) is 4.72 Å². The quantitative estimate of drug-likeness (QED) is 0.809. The molecular weight excluding hydrogens is 386 g/mol. The number of carboxylic acids is 1. The normalized spacial score (nSPS) is 11.3. The SMILES string of the molecule is O=C(O)Cn1cc(S(=O)(=O)Nc2ccc(Br)cc2Cl)cn1. The number of nitrogens with zero attached hydrogens (tertiary/aromatic N) is 2. The van der Waals surface area contributed by atoms with Crippen LogP contribution >= 0.6 is 27.5 Å². The fourth-order valence-electron chi connectivity index (χ4n) is 1.48. The van der Waals surface area contributed by atoms with Crippen molar-refractivity contribution >= 4 is 49.2 Å². The van der Waals surface area contributed by atoms with Crippen LogP contribution in [0.4, 0.5) is 5.69 Å². The van der Waals surface area contributed by atoms with Crippen LogP contribution in [0, 0.1) is 0 Å². The summed E-state index contributed by atoms with van der Waals surface area (Å²) < 4.78 is 28.4. The molecule has 0 atom stereocenters. The van der Waals surface area contributed by atoms with E-state index in [1.165, 1.54) is 6.07 Å². The van der Waals surface area contributed by atoms with Crippen molar-refractivity contribution in [1.82, 2.24) is 9.78 Å². The molecule has 2 rings (SSSR count). The zero-order valence-electron chi connectivity index (χ0n) is 10.3. The van der Waals surface area contributed by atoms with Crippen LogP contribution in [0.15, 0.2) is 40.0 Å². The fraction of sp³-hybridized carbons (Fsp3) is 0.0909. The molecule has 0 spiro atoms. The van der Waals surface area contributed by atoms with Crippen LogP contribution in [-0.2, 0) is 21.4 Å². The largest absolute Gasteiger partial charge is 0.480 e. The fourth-order valence-corrected chi connectivity index (χ4v) is 3.29. The first-order valence-corrected chi connectivity index (χ1v) is 8.15. The summed E-state index contributed by atoms with van der Waals surface area (Å²) >= 11 is 9.16. The van der Waals surface area contributed by atoms with Crippen molar-refractivity contribution in [3.8, 4) is 0 Å². The zero-order chi connectivity index (χ0) is 15.6. The number of hydrogen-bond acceptors (Lipinski definition) is 4. The van der Waals surface area contributed by atoms with Crippen LogP contribution in [0.25, 0.3) is 0 Å². The Morgan fingerprint density at radius 2 is 2.19 bits per heavy atom. The van der Waals surface area contributed by atoms with E-state index in [1.807, 2.05) is 0 Å². The second kappa shape index (κ2) is 6.04. The monoisotopic (exact) mass is 393 g/mol. The van der Waals surface area contributed by atoms with E-state index in [-0.39, 0.29) is 15.6 Å². The molecule has 0 aliphatic rings. The Balaban J connectivity index is 2.25. The number of aromatic nitrogens is 2. The average molecular weight is 395 g/mol. The van der Waals surface area contributed by atoms with Crippen molar-refractivity contribution in [3.63, 3.8) is 0 Å². The third kappa shape index (κ3) is 3.96. The average Bonchev–Trinajstić information content (AvgIpc) is 2.81. The van der Waals surface area contributed by atoms with Gasteiger partial charge in [-0.25, -0.2) is 8.42 Å². The van der Waals surface area contributed by atoms with Crippen molar-refractivity contribution in [2.24, 2.45) is 0 Å². The van der Waals surface area contributed by atoms with Crippen LogP contribution in [0.5, 0.6) is 0 Å². The second-order valence-electron chi connectivity index (χ2n) is 4.00. The van der Waals surface area contributed by atoms with Crippen molar-refractivity contribution in [2.45, 2.75) is 11.4 Å². The van der Waals surface area contributed by atoms with E-state index < -0.39 is 22.5 Å². The number of rotatable bonds is 5. The molecule has 1 aromatic carbocycles. The summed E-state index contributed by atoms with van der Waals surface area (Å²) in [6, 6.07) is 4.69. The lowest BCUT2D eigenvalue weighted by atomic mass is 10.3. The van der Waals surface area contributed by atoms with E-state index in [1.54, 1.807) is 12.1 Å². The van der Waals surface area contributed by atoms with E-state index in [2.05, 4.69) is 25.8 Å². The van der Waals surface area contributed by atoms with Crippen molar-refractivity contribution < 1.29 is 18.3 Å². The third-order valence-electron chi connectivity index (χ3n) is 2.39. The van der Waals surface area contributed by atoms with Gasteiger partial charge in [-0.15, -0.1) is 0 Å². The van der Waals surface area contributed by atoms with Crippen LogP contribution < -0.4 is 4.72 Å². The van der Waals surface area contributed by atoms with Gasteiger partial charge in [0, 0.05) is 10.7 Å². The maximum absolute atomic E-state index is 12.2. The molecule has 10 heteroatoms. The molecule has 21 heavy (non-hydrogen) atoms. The van der Waals surface area contributed by atoms with Crippen LogP contribution in [0.2, 0.25) is 5.02 Å². The highest BCUT2D eigenvalue weighted by atomic mass is 79.9. The summed E-state index contributed by atoms with van der Waals surface area (Å²) in [6.45, 7) is -0.422. The van der Waals surface area contributed by atoms with Gasteiger partial charge in [0.25, 0.3) is 10.0 Å². The number of nitrogens with one attached hydrogen (secondary N) is 1. The van der Waals surface area contributed by atoms with E-state index in [9.17, 15) is 13.2 Å². The molecule has 7 nitrogen and oxygen atoms in total. The van der Waals surface area contributed by atoms with Crippen LogP contribution in [0.3, 0.4) is 0 Å². The van der Waals surface area contributed by atoms with E-state index in [0.29, 0.717) is 4.47 Å². The number of benzene rings is 1. The summed E-state index contributed by atoms with van der Waals surface area (Å²) in [5.41, 5.74) is 0.214. The smallest absolute Gasteiger partial charge is 0.325 e. The van der Waals surface area contributed by atoms with Gasteiger partial charge in [0.15, 0.2) is 0 Å². The Morgan fingerprint density at radius 3 is 2.81 bits per heavy atom. The Kier molecular flexibility index (Phi) is 4.55. The summed E-state index contributed by atoms with van der Waals surface area (Å²) in [5.74, 6) is -1.12.